The Morgan fingerprint density at radius 1 is 1.14 bits per heavy atom. The van der Waals surface area contributed by atoms with Gasteiger partial charge in [0.05, 0.1) is 12.8 Å². The number of halogens is 3. The number of hydrogen-bond acceptors (Lipinski definition) is 2. The van der Waals surface area contributed by atoms with Gasteiger partial charge >= 0.3 is 0 Å². The standard InChI is InChI=1S/C16H16Br2FNO/c1-9-6-12(17)16(13(18)7-9)20-10(2)11-4-5-15(21-3)14(19)8-11/h4-8,10,20H,1-3H3. The Morgan fingerprint density at radius 3 is 2.29 bits per heavy atom. The molecule has 0 amide bonds. The van der Waals surface area contributed by atoms with Gasteiger partial charge in [-0.15, -0.1) is 0 Å². The van der Waals surface area contributed by atoms with Gasteiger partial charge in [0.25, 0.3) is 0 Å². The number of rotatable bonds is 4. The van der Waals surface area contributed by atoms with E-state index in [4.69, 9.17) is 4.74 Å². The molecule has 1 N–H and O–H groups in total. The van der Waals surface area contributed by atoms with Gasteiger partial charge in [-0.1, -0.05) is 6.07 Å². The van der Waals surface area contributed by atoms with Crippen LogP contribution >= 0.6 is 31.9 Å². The van der Waals surface area contributed by atoms with Crippen molar-refractivity contribution in [3.63, 3.8) is 0 Å². The zero-order chi connectivity index (χ0) is 15.6. The molecule has 0 fully saturated rings. The van der Waals surface area contributed by atoms with Crippen molar-refractivity contribution in [1.29, 1.82) is 0 Å². The highest BCUT2D eigenvalue weighted by molar-refractivity contribution is 9.11. The number of methoxy groups -OCH3 is 1. The van der Waals surface area contributed by atoms with E-state index in [9.17, 15) is 4.39 Å². The number of hydrogen-bond donors (Lipinski definition) is 1. The van der Waals surface area contributed by atoms with Crippen molar-refractivity contribution in [2.45, 2.75) is 19.9 Å². The molecule has 0 spiro atoms. The molecular weight excluding hydrogens is 401 g/mol. The van der Waals surface area contributed by atoms with E-state index in [2.05, 4.69) is 37.2 Å². The molecule has 0 aliphatic rings. The lowest BCUT2D eigenvalue weighted by molar-refractivity contribution is 0.386. The van der Waals surface area contributed by atoms with Crippen molar-refractivity contribution < 1.29 is 9.13 Å². The van der Waals surface area contributed by atoms with Gasteiger partial charge in [-0.2, -0.15) is 0 Å². The highest BCUT2D eigenvalue weighted by Crippen LogP contribution is 2.35. The third-order valence-electron chi connectivity index (χ3n) is 3.22. The maximum Gasteiger partial charge on any atom is 0.165 e. The molecule has 1 atom stereocenters. The molecule has 0 aliphatic carbocycles. The molecule has 21 heavy (non-hydrogen) atoms. The molecule has 112 valence electrons. The van der Waals surface area contributed by atoms with Gasteiger partial charge in [-0.3, -0.25) is 0 Å². The van der Waals surface area contributed by atoms with Crippen LogP contribution in [0, 0.1) is 12.7 Å². The fraction of sp³-hybridized carbons (Fsp3) is 0.250. The van der Waals surface area contributed by atoms with Crippen LogP contribution in [0.15, 0.2) is 39.3 Å². The van der Waals surface area contributed by atoms with Gasteiger partial charge in [-0.05, 0) is 81.1 Å². The molecular formula is C16H16Br2FNO. The third-order valence-corrected chi connectivity index (χ3v) is 4.47. The van der Waals surface area contributed by atoms with E-state index in [0.717, 1.165) is 25.8 Å². The summed E-state index contributed by atoms with van der Waals surface area (Å²) < 4.78 is 20.7. The summed E-state index contributed by atoms with van der Waals surface area (Å²) in [6.45, 7) is 4.02. The number of benzene rings is 2. The lowest BCUT2D eigenvalue weighted by atomic mass is 10.1. The predicted octanol–water partition coefficient (Wildman–Crippen LogP) is 5.84. The van der Waals surface area contributed by atoms with Gasteiger partial charge in [0.2, 0.25) is 0 Å². The van der Waals surface area contributed by atoms with Gasteiger partial charge in [0, 0.05) is 15.0 Å². The summed E-state index contributed by atoms with van der Waals surface area (Å²) in [6.07, 6.45) is 0. The second kappa shape index (κ2) is 6.79. The Hall–Kier alpha value is -1.07. The zero-order valence-electron chi connectivity index (χ0n) is 12.0. The molecule has 5 heteroatoms. The molecule has 2 aromatic carbocycles. The van der Waals surface area contributed by atoms with E-state index in [1.807, 2.05) is 32.0 Å². The Kier molecular flexibility index (Phi) is 5.27. The quantitative estimate of drug-likeness (QED) is 0.675. The lowest BCUT2D eigenvalue weighted by Gasteiger charge is -2.19. The molecule has 0 radical (unpaired) electrons. The first-order valence-electron chi connectivity index (χ1n) is 6.48. The Morgan fingerprint density at radius 2 is 1.76 bits per heavy atom. The SMILES string of the molecule is COc1ccc(C(C)Nc2c(Br)cc(C)cc2Br)cc1F. The number of aryl methyl sites for hydroxylation is 1. The van der Waals surface area contributed by atoms with Crippen molar-refractivity contribution in [3.05, 3.63) is 56.2 Å². The van der Waals surface area contributed by atoms with Crippen molar-refractivity contribution in [1.82, 2.24) is 0 Å². The monoisotopic (exact) mass is 415 g/mol. The minimum atomic E-state index is -0.356. The van der Waals surface area contributed by atoms with Crippen LogP contribution in [0.4, 0.5) is 10.1 Å². The summed E-state index contributed by atoms with van der Waals surface area (Å²) >= 11 is 7.10. The number of nitrogens with one attached hydrogen (secondary N) is 1. The Bertz CT molecular complexity index is 638. The van der Waals surface area contributed by atoms with Crippen LogP contribution in [0.5, 0.6) is 5.75 Å². The summed E-state index contributed by atoms with van der Waals surface area (Å²) in [5.41, 5.74) is 2.96. The van der Waals surface area contributed by atoms with E-state index in [1.54, 1.807) is 6.07 Å². The van der Waals surface area contributed by atoms with Crippen molar-refractivity contribution in [2.75, 3.05) is 12.4 Å². The number of ether oxygens (including phenoxy) is 1. The Labute approximate surface area is 141 Å². The highest BCUT2D eigenvalue weighted by atomic mass is 79.9. The fourth-order valence-corrected chi connectivity index (χ4v) is 3.73. The van der Waals surface area contributed by atoms with E-state index < -0.39 is 0 Å². The average Bonchev–Trinajstić information content (AvgIpc) is 2.42. The molecule has 0 aliphatic heterocycles. The first-order valence-corrected chi connectivity index (χ1v) is 8.06. The summed E-state index contributed by atoms with van der Waals surface area (Å²) in [7, 11) is 1.46. The second-order valence-electron chi connectivity index (χ2n) is 4.86. The zero-order valence-corrected chi connectivity index (χ0v) is 15.2. The van der Waals surface area contributed by atoms with E-state index in [-0.39, 0.29) is 17.6 Å². The summed E-state index contributed by atoms with van der Waals surface area (Å²) in [5, 5.41) is 3.39. The summed E-state index contributed by atoms with van der Waals surface area (Å²) in [6, 6.07) is 9.02. The summed E-state index contributed by atoms with van der Waals surface area (Å²) in [5.74, 6) is -0.102. The van der Waals surface area contributed by atoms with Gasteiger partial charge in [0.15, 0.2) is 11.6 Å². The second-order valence-corrected chi connectivity index (χ2v) is 6.57. The van der Waals surface area contributed by atoms with E-state index in [0.29, 0.717) is 0 Å². The van der Waals surface area contributed by atoms with Crippen molar-refractivity contribution in [2.24, 2.45) is 0 Å². The first kappa shape index (κ1) is 16.3. The molecule has 2 rings (SSSR count). The molecule has 1 unspecified atom stereocenters. The fourth-order valence-electron chi connectivity index (χ4n) is 2.09. The minimum absolute atomic E-state index is 0.0410. The van der Waals surface area contributed by atoms with Crippen LogP contribution < -0.4 is 10.1 Å². The van der Waals surface area contributed by atoms with Crippen LogP contribution in [0.3, 0.4) is 0 Å². The predicted molar refractivity (Wildman–Crippen MR) is 91.6 cm³/mol. The normalized spacial score (nSPS) is 12.1. The molecule has 2 nitrogen and oxygen atoms in total. The molecule has 0 heterocycles. The molecule has 0 aromatic heterocycles. The van der Waals surface area contributed by atoms with Gasteiger partial charge < -0.3 is 10.1 Å². The van der Waals surface area contributed by atoms with E-state index in [1.165, 1.54) is 13.2 Å². The van der Waals surface area contributed by atoms with Crippen molar-refractivity contribution >= 4 is 37.5 Å². The van der Waals surface area contributed by atoms with Crippen molar-refractivity contribution in [3.8, 4) is 5.75 Å². The highest BCUT2D eigenvalue weighted by Gasteiger charge is 2.13. The average molecular weight is 417 g/mol. The molecule has 0 saturated heterocycles. The molecule has 0 bridgehead atoms. The minimum Gasteiger partial charge on any atom is -0.494 e. The number of anilines is 1. The van der Waals surface area contributed by atoms with Crippen LogP contribution in [0.1, 0.15) is 24.1 Å². The molecule has 2 aromatic rings. The van der Waals surface area contributed by atoms with Crippen LogP contribution in [0.25, 0.3) is 0 Å². The maximum atomic E-state index is 13.8. The van der Waals surface area contributed by atoms with Crippen LogP contribution in [-0.2, 0) is 0 Å². The maximum absolute atomic E-state index is 13.8. The van der Waals surface area contributed by atoms with Gasteiger partial charge in [-0.25, -0.2) is 4.39 Å². The summed E-state index contributed by atoms with van der Waals surface area (Å²) in [4.78, 5) is 0. The smallest absolute Gasteiger partial charge is 0.165 e. The lowest BCUT2D eigenvalue weighted by Crippen LogP contribution is -2.08. The Balaban J connectivity index is 2.26. The largest absolute Gasteiger partial charge is 0.494 e. The molecule has 0 saturated carbocycles. The topological polar surface area (TPSA) is 21.3 Å². The van der Waals surface area contributed by atoms with E-state index >= 15 is 0 Å². The van der Waals surface area contributed by atoms with Gasteiger partial charge in [0.1, 0.15) is 0 Å². The third kappa shape index (κ3) is 3.77. The van der Waals surface area contributed by atoms with Crippen LogP contribution in [-0.4, -0.2) is 7.11 Å². The van der Waals surface area contributed by atoms with Crippen LogP contribution in [0.2, 0.25) is 0 Å². The first-order chi connectivity index (χ1) is 9.92.